The molecule has 116 valence electrons. The van der Waals surface area contributed by atoms with Gasteiger partial charge in [0.25, 0.3) is 0 Å². The molecule has 1 atom stereocenters. The molecule has 1 aromatic carbocycles. The maximum absolute atomic E-state index is 12.0. The molecule has 0 aliphatic heterocycles. The summed E-state index contributed by atoms with van der Waals surface area (Å²) in [5, 5.41) is 11.5. The molecule has 0 bridgehead atoms. The van der Waals surface area contributed by atoms with Gasteiger partial charge in [-0.2, -0.15) is 0 Å². The normalized spacial score (nSPS) is 12.7. The molecule has 0 fully saturated rings. The van der Waals surface area contributed by atoms with E-state index in [1.165, 1.54) is 5.56 Å². The fourth-order valence-electron chi connectivity index (χ4n) is 2.00. The van der Waals surface area contributed by atoms with Gasteiger partial charge in [-0.3, -0.25) is 9.59 Å². The van der Waals surface area contributed by atoms with E-state index in [-0.39, 0.29) is 24.3 Å². The number of amides is 1. The average molecular weight is 292 g/mol. The minimum atomic E-state index is -0.943. The standard InChI is InChI=1S/C16H24N2O3/c1-16(2,11-10-12-6-4-3-5-7-12)18-15(21)13(17)8-9-14(19)20/h3-7,13H,8-11,17H2,1-2H3,(H,18,21)(H,19,20). The van der Waals surface area contributed by atoms with Crippen molar-refractivity contribution in [3.8, 4) is 0 Å². The van der Waals surface area contributed by atoms with Gasteiger partial charge < -0.3 is 16.2 Å². The first-order chi connectivity index (χ1) is 9.80. The fraction of sp³-hybridized carbons (Fsp3) is 0.500. The number of aryl methyl sites for hydroxylation is 1. The number of nitrogens with two attached hydrogens (primary N) is 1. The zero-order valence-corrected chi connectivity index (χ0v) is 12.6. The van der Waals surface area contributed by atoms with Crippen molar-refractivity contribution in [1.29, 1.82) is 0 Å². The zero-order valence-electron chi connectivity index (χ0n) is 12.6. The number of rotatable bonds is 8. The number of hydrogen-bond donors (Lipinski definition) is 3. The van der Waals surface area contributed by atoms with E-state index in [0.717, 1.165) is 12.8 Å². The Bertz CT molecular complexity index is 472. The number of aliphatic carboxylic acids is 1. The summed E-state index contributed by atoms with van der Waals surface area (Å²) >= 11 is 0. The monoisotopic (exact) mass is 292 g/mol. The second kappa shape index (κ2) is 7.78. The van der Waals surface area contributed by atoms with Gasteiger partial charge in [-0.05, 0) is 38.7 Å². The summed E-state index contributed by atoms with van der Waals surface area (Å²) < 4.78 is 0. The van der Waals surface area contributed by atoms with Crippen molar-refractivity contribution in [2.45, 2.75) is 51.1 Å². The van der Waals surface area contributed by atoms with E-state index in [2.05, 4.69) is 17.4 Å². The summed E-state index contributed by atoms with van der Waals surface area (Å²) in [6.45, 7) is 3.88. The van der Waals surface area contributed by atoms with Crippen molar-refractivity contribution in [3.63, 3.8) is 0 Å². The van der Waals surface area contributed by atoms with Crippen molar-refractivity contribution in [2.75, 3.05) is 0 Å². The van der Waals surface area contributed by atoms with Crippen molar-refractivity contribution in [3.05, 3.63) is 35.9 Å². The largest absolute Gasteiger partial charge is 0.481 e. The third-order valence-electron chi connectivity index (χ3n) is 3.35. The molecule has 1 rings (SSSR count). The highest BCUT2D eigenvalue weighted by Crippen LogP contribution is 2.14. The van der Waals surface area contributed by atoms with E-state index < -0.39 is 12.0 Å². The minimum Gasteiger partial charge on any atom is -0.481 e. The van der Waals surface area contributed by atoms with Crippen LogP contribution in [0.25, 0.3) is 0 Å². The van der Waals surface area contributed by atoms with E-state index >= 15 is 0 Å². The Labute approximate surface area is 125 Å². The molecule has 1 aromatic rings. The Kier molecular flexibility index (Phi) is 6.37. The molecule has 1 unspecified atom stereocenters. The van der Waals surface area contributed by atoms with Crippen molar-refractivity contribution < 1.29 is 14.7 Å². The van der Waals surface area contributed by atoms with Gasteiger partial charge in [-0.25, -0.2) is 0 Å². The molecule has 0 aliphatic rings. The Morgan fingerprint density at radius 2 is 1.90 bits per heavy atom. The van der Waals surface area contributed by atoms with Crippen molar-refractivity contribution >= 4 is 11.9 Å². The van der Waals surface area contributed by atoms with E-state index in [9.17, 15) is 9.59 Å². The Hall–Kier alpha value is -1.88. The SMILES string of the molecule is CC(C)(CCc1ccccc1)NC(=O)C(N)CCC(=O)O. The average Bonchev–Trinajstić information content (AvgIpc) is 2.43. The predicted octanol–water partition coefficient (Wildman–Crippen LogP) is 1.71. The molecule has 5 heteroatoms. The molecule has 0 saturated heterocycles. The first-order valence-electron chi connectivity index (χ1n) is 7.13. The smallest absolute Gasteiger partial charge is 0.303 e. The molecular formula is C16H24N2O3. The van der Waals surface area contributed by atoms with Crippen LogP contribution in [0.3, 0.4) is 0 Å². The van der Waals surface area contributed by atoms with Crippen molar-refractivity contribution in [2.24, 2.45) is 5.73 Å². The van der Waals surface area contributed by atoms with Gasteiger partial charge in [0.1, 0.15) is 0 Å². The maximum atomic E-state index is 12.0. The molecule has 0 spiro atoms. The summed E-state index contributed by atoms with van der Waals surface area (Å²) in [5.74, 6) is -1.24. The van der Waals surface area contributed by atoms with Gasteiger partial charge in [0, 0.05) is 12.0 Å². The van der Waals surface area contributed by atoms with Crippen LogP contribution in [0.5, 0.6) is 0 Å². The first-order valence-corrected chi connectivity index (χ1v) is 7.13. The highest BCUT2D eigenvalue weighted by molar-refractivity contribution is 5.82. The summed E-state index contributed by atoms with van der Waals surface area (Å²) in [7, 11) is 0. The van der Waals surface area contributed by atoms with Crippen LogP contribution in [0, 0.1) is 0 Å². The Balaban J connectivity index is 2.43. The molecule has 0 aromatic heterocycles. The summed E-state index contributed by atoms with van der Waals surface area (Å²) in [6, 6.07) is 9.27. The minimum absolute atomic E-state index is 0.0982. The number of carboxylic acid groups (broad SMARTS) is 1. The number of nitrogens with one attached hydrogen (secondary N) is 1. The lowest BCUT2D eigenvalue weighted by Crippen LogP contribution is -2.50. The molecule has 1 amide bonds. The number of carboxylic acids is 1. The summed E-state index contributed by atoms with van der Waals surface area (Å²) in [5.41, 5.74) is 6.54. The van der Waals surface area contributed by atoms with Crippen LogP contribution in [0.2, 0.25) is 0 Å². The predicted molar refractivity (Wildman–Crippen MR) is 81.8 cm³/mol. The summed E-state index contributed by atoms with van der Waals surface area (Å²) in [4.78, 5) is 22.4. The Morgan fingerprint density at radius 3 is 2.48 bits per heavy atom. The molecule has 0 radical (unpaired) electrons. The van der Waals surface area contributed by atoms with Gasteiger partial charge in [-0.15, -0.1) is 0 Å². The molecule has 0 aliphatic carbocycles. The lowest BCUT2D eigenvalue weighted by Gasteiger charge is -2.28. The molecule has 0 heterocycles. The van der Waals surface area contributed by atoms with Gasteiger partial charge >= 0.3 is 5.97 Å². The van der Waals surface area contributed by atoms with Crippen LogP contribution in [-0.2, 0) is 16.0 Å². The first kappa shape index (κ1) is 17.2. The number of hydrogen-bond acceptors (Lipinski definition) is 3. The zero-order chi connectivity index (χ0) is 15.9. The number of carbonyl (C=O) groups is 2. The van der Waals surface area contributed by atoms with E-state index in [1.54, 1.807) is 0 Å². The highest BCUT2D eigenvalue weighted by atomic mass is 16.4. The lowest BCUT2D eigenvalue weighted by molar-refractivity contribution is -0.137. The van der Waals surface area contributed by atoms with Gasteiger partial charge in [0.2, 0.25) is 5.91 Å². The van der Waals surface area contributed by atoms with E-state index in [0.29, 0.717) is 0 Å². The van der Waals surface area contributed by atoms with Crippen LogP contribution in [0.4, 0.5) is 0 Å². The van der Waals surface area contributed by atoms with Crippen LogP contribution in [-0.4, -0.2) is 28.6 Å². The number of benzene rings is 1. The van der Waals surface area contributed by atoms with E-state index in [4.69, 9.17) is 10.8 Å². The van der Waals surface area contributed by atoms with Crippen molar-refractivity contribution in [1.82, 2.24) is 5.32 Å². The van der Waals surface area contributed by atoms with Crippen LogP contribution in [0.1, 0.15) is 38.7 Å². The lowest BCUT2D eigenvalue weighted by atomic mass is 9.94. The molecule has 5 nitrogen and oxygen atoms in total. The molecule has 4 N–H and O–H groups in total. The summed E-state index contributed by atoms with van der Waals surface area (Å²) in [6.07, 6.45) is 1.70. The van der Waals surface area contributed by atoms with Crippen LogP contribution in [0.15, 0.2) is 30.3 Å². The van der Waals surface area contributed by atoms with Gasteiger partial charge in [0.15, 0.2) is 0 Å². The second-order valence-corrected chi connectivity index (χ2v) is 5.90. The molecular weight excluding hydrogens is 268 g/mol. The second-order valence-electron chi connectivity index (χ2n) is 5.90. The Morgan fingerprint density at radius 1 is 1.29 bits per heavy atom. The number of carbonyl (C=O) groups excluding carboxylic acids is 1. The highest BCUT2D eigenvalue weighted by Gasteiger charge is 2.23. The topological polar surface area (TPSA) is 92.4 Å². The fourth-order valence-corrected chi connectivity index (χ4v) is 2.00. The van der Waals surface area contributed by atoms with Crippen LogP contribution < -0.4 is 11.1 Å². The maximum Gasteiger partial charge on any atom is 0.303 e. The van der Waals surface area contributed by atoms with Crippen LogP contribution >= 0.6 is 0 Å². The van der Waals surface area contributed by atoms with Gasteiger partial charge in [0.05, 0.1) is 6.04 Å². The third kappa shape index (κ3) is 6.90. The van der Waals surface area contributed by atoms with Gasteiger partial charge in [-0.1, -0.05) is 30.3 Å². The third-order valence-corrected chi connectivity index (χ3v) is 3.35. The molecule has 0 saturated carbocycles. The quantitative estimate of drug-likeness (QED) is 0.680. The van der Waals surface area contributed by atoms with E-state index in [1.807, 2.05) is 32.0 Å². The molecule has 21 heavy (non-hydrogen) atoms.